The van der Waals surface area contributed by atoms with E-state index in [0.717, 1.165) is 49.8 Å². The van der Waals surface area contributed by atoms with Crippen LogP contribution in [0.3, 0.4) is 0 Å². The zero-order valence-corrected chi connectivity index (χ0v) is 25.3. The minimum Gasteiger partial charge on any atom is -0.346 e. The molecule has 3 amide bonds. The lowest BCUT2D eigenvalue weighted by Gasteiger charge is -2.28. The highest BCUT2D eigenvalue weighted by atomic mass is 16.6. The molecule has 2 bridgehead atoms. The molecule has 0 radical (unpaired) electrons. The fraction of sp³-hybridized carbons (Fsp3) is 0.333. The molecular weight excluding hydrogens is 602 g/mol. The van der Waals surface area contributed by atoms with Crippen molar-refractivity contribution in [3.05, 3.63) is 93.9 Å². The summed E-state index contributed by atoms with van der Waals surface area (Å²) in [7, 11) is 0. The Kier molecular flexibility index (Phi) is 6.74. The lowest BCUT2D eigenvalue weighted by Crippen LogP contribution is -2.45. The number of rotatable bonds is 9. The van der Waals surface area contributed by atoms with Crippen LogP contribution in [-0.4, -0.2) is 47.5 Å². The van der Waals surface area contributed by atoms with Gasteiger partial charge in [-0.25, -0.2) is 14.5 Å². The maximum Gasteiger partial charge on any atom is 0.319 e. The van der Waals surface area contributed by atoms with Gasteiger partial charge in [-0.15, -0.1) is 5.10 Å². The number of nitrogens with zero attached hydrogens (tertiary/aromatic N) is 6. The molecule has 8 rings (SSSR count). The van der Waals surface area contributed by atoms with E-state index in [9.17, 15) is 19.7 Å². The van der Waals surface area contributed by atoms with Crippen LogP contribution >= 0.6 is 0 Å². The van der Waals surface area contributed by atoms with Crippen LogP contribution in [0.1, 0.15) is 72.6 Å². The summed E-state index contributed by atoms with van der Waals surface area (Å²) in [6.07, 6.45) is 7.85. The molecule has 3 N–H and O–H groups in total. The number of carbonyl (C=O) groups is 2. The molecule has 3 saturated carbocycles. The number of nitro benzene ring substituents is 1. The average Bonchev–Trinajstić information content (AvgIpc) is 3.39. The number of pyridine rings is 1. The zero-order valence-electron chi connectivity index (χ0n) is 25.3. The lowest BCUT2D eigenvalue weighted by molar-refractivity contribution is -0.383. The number of benzene rings is 2. The van der Waals surface area contributed by atoms with E-state index in [-0.39, 0.29) is 29.4 Å². The summed E-state index contributed by atoms with van der Waals surface area (Å²) in [6.45, 7) is 0.0915. The zero-order chi connectivity index (χ0) is 32.2. The van der Waals surface area contributed by atoms with E-state index in [1.54, 1.807) is 6.07 Å². The highest BCUT2D eigenvalue weighted by molar-refractivity contribution is 6.10. The van der Waals surface area contributed by atoms with E-state index in [1.165, 1.54) is 18.2 Å². The van der Waals surface area contributed by atoms with Gasteiger partial charge in [-0.3, -0.25) is 14.9 Å². The Morgan fingerprint density at radius 3 is 2.57 bits per heavy atom. The molecule has 3 aliphatic rings. The van der Waals surface area contributed by atoms with Gasteiger partial charge in [-0.2, -0.15) is 0 Å². The van der Waals surface area contributed by atoms with E-state index < -0.39 is 16.5 Å². The highest BCUT2D eigenvalue weighted by Gasteiger charge is 2.56. The van der Waals surface area contributed by atoms with Crippen LogP contribution in [-0.2, 0) is 12.1 Å². The van der Waals surface area contributed by atoms with Gasteiger partial charge in [0.1, 0.15) is 17.1 Å². The lowest BCUT2D eigenvalue weighted by atomic mass is 9.91. The number of urea groups is 1. The first-order chi connectivity index (χ1) is 22.8. The molecule has 0 spiro atoms. The number of nitro groups is 1. The molecule has 2 aromatic carbocycles. The van der Waals surface area contributed by atoms with Gasteiger partial charge >= 0.3 is 6.03 Å². The van der Waals surface area contributed by atoms with Gasteiger partial charge in [-0.1, -0.05) is 52.8 Å². The molecule has 47 heavy (non-hydrogen) atoms. The fourth-order valence-corrected chi connectivity index (χ4v) is 7.18. The van der Waals surface area contributed by atoms with E-state index in [2.05, 4.69) is 31.4 Å². The summed E-state index contributed by atoms with van der Waals surface area (Å²) in [5.41, 5.74) is 2.99. The SMILES string of the molecule is O=C(NCc1cn(C23CCC(NC(=O)c4cc(C5CC5)nc5onc(-c6ccccc6)c45)(CC2)C3)nn1)Nc1ccccc1[N+](=O)[O-]. The monoisotopic (exact) mass is 633 g/mol. The Morgan fingerprint density at radius 2 is 1.81 bits per heavy atom. The van der Waals surface area contributed by atoms with Crippen molar-refractivity contribution in [1.82, 2.24) is 35.8 Å². The maximum absolute atomic E-state index is 14.1. The molecule has 14 heteroatoms. The second-order valence-corrected chi connectivity index (χ2v) is 12.8. The summed E-state index contributed by atoms with van der Waals surface area (Å²) in [6, 6.07) is 16.9. The number of aromatic nitrogens is 5. The molecule has 14 nitrogen and oxygen atoms in total. The quantitative estimate of drug-likeness (QED) is 0.141. The van der Waals surface area contributed by atoms with E-state index in [1.807, 2.05) is 47.3 Å². The molecule has 3 fully saturated rings. The fourth-order valence-electron chi connectivity index (χ4n) is 7.18. The van der Waals surface area contributed by atoms with Gasteiger partial charge in [0.05, 0.1) is 34.2 Å². The molecule has 3 heterocycles. The molecule has 0 aliphatic heterocycles. The molecule has 3 aliphatic carbocycles. The Labute approximate surface area is 268 Å². The summed E-state index contributed by atoms with van der Waals surface area (Å²) in [5.74, 6) is 0.171. The number of fused-ring (bicyclic) bond motifs is 3. The smallest absolute Gasteiger partial charge is 0.319 e. The second-order valence-electron chi connectivity index (χ2n) is 12.8. The highest BCUT2D eigenvalue weighted by Crippen LogP contribution is 2.55. The second kappa shape index (κ2) is 11.0. The Balaban J connectivity index is 0.975. The molecule has 0 saturated heterocycles. The van der Waals surface area contributed by atoms with E-state index in [4.69, 9.17) is 9.51 Å². The van der Waals surface area contributed by atoms with Gasteiger partial charge in [0, 0.05) is 28.8 Å². The van der Waals surface area contributed by atoms with Crippen LogP contribution in [0.15, 0.2) is 71.4 Å². The molecule has 5 aromatic rings. The van der Waals surface area contributed by atoms with Gasteiger partial charge in [0.25, 0.3) is 17.3 Å². The molecule has 0 atom stereocenters. The Morgan fingerprint density at radius 1 is 1.04 bits per heavy atom. The van der Waals surface area contributed by atoms with Gasteiger partial charge in [0.2, 0.25) is 0 Å². The van der Waals surface area contributed by atoms with Crippen molar-refractivity contribution in [3.63, 3.8) is 0 Å². The van der Waals surface area contributed by atoms with Crippen LogP contribution in [0.25, 0.3) is 22.4 Å². The van der Waals surface area contributed by atoms with Crippen molar-refractivity contribution in [1.29, 1.82) is 0 Å². The van der Waals surface area contributed by atoms with Crippen LogP contribution in [0.4, 0.5) is 16.2 Å². The number of carbonyl (C=O) groups excluding carboxylic acids is 2. The Hall–Kier alpha value is -5.66. The standard InChI is InChI=1S/C33H31N9O5/c43-29(23-16-25(20-10-11-20)35-30-27(23)28(39-47-30)21-6-2-1-3-7-21)37-32-12-14-33(19-32,15-13-32)41-18-22(38-40-41)17-34-31(44)36-24-8-4-5-9-26(24)42(45)46/h1-9,16,18,20H,10-15,17,19H2,(H,37,43)(H2,34,36,44). The van der Waals surface area contributed by atoms with Gasteiger partial charge in [0.15, 0.2) is 0 Å². The van der Waals surface area contributed by atoms with Crippen molar-refractivity contribution in [2.75, 3.05) is 5.32 Å². The first-order valence-corrected chi connectivity index (χ1v) is 15.7. The maximum atomic E-state index is 14.1. The number of anilines is 1. The summed E-state index contributed by atoms with van der Waals surface area (Å²) in [5, 5.41) is 33.5. The van der Waals surface area contributed by atoms with Crippen LogP contribution in [0.2, 0.25) is 0 Å². The largest absolute Gasteiger partial charge is 0.346 e. The minimum atomic E-state index is -0.589. The van der Waals surface area contributed by atoms with E-state index in [0.29, 0.717) is 40.4 Å². The molecular formula is C33H31N9O5. The normalized spacial score (nSPS) is 21.5. The Bertz CT molecular complexity index is 2030. The topological polar surface area (TPSA) is 183 Å². The van der Waals surface area contributed by atoms with Gasteiger partial charge in [-0.05, 0) is 57.1 Å². The third kappa shape index (κ3) is 5.24. The molecule has 0 unspecified atom stereocenters. The molecule has 238 valence electrons. The average molecular weight is 634 g/mol. The van der Waals surface area contributed by atoms with Crippen LogP contribution in [0.5, 0.6) is 0 Å². The van der Waals surface area contributed by atoms with Crippen LogP contribution < -0.4 is 16.0 Å². The first kappa shape index (κ1) is 28.8. The van der Waals surface area contributed by atoms with Crippen molar-refractivity contribution in [3.8, 4) is 11.3 Å². The summed E-state index contributed by atoms with van der Waals surface area (Å²) >= 11 is 0. The van der Waals surface area contributed by atoms with Crippen molar-refractivity contribution in [2.24, 2.45) is 0 Å². The van der Waals surface area contributed by atoms with Gasteiger partial charge < -0.3 is 20.5 Å². The first-order valence-electron chi connectivity index (χ1n) is 15.7. The third-order valence-electron chi connectivity index (χ3n) is 9.74. The minimum absolute atomic E-state index is 0.0915. The van der Waals surface area contributed by atoms with Crippen molar-refractivity contribution < 1.29 is 19.0 Å². The summed E-state index contributed by atoms with van der Waals surface area (Å²) < 4.78 is 7.55. The number of hydrogen-bond donors (Lipinski definition) is 3. The predicted molar refractivity (Wildman–Crippen MR) is 169 cm³/mol. The predicted octanol–water partition coefficient (Wildman–Crippen LogP) is 5.43. The summed E-state index contributed by atoms with van der Waals surface area (Å²) in [4.78, 5) is 42.1. The van der Waals surface area contributed by atoms with Crippen LogP contribution in [0, 0.1) is 10.1 Å². The number of hydrogen-bond acceptors (Lipinski definition) is 9. The molecule has 3 aromatic heterocycles. The number of nitrogens with one attached hydrogen (secondary N) is 3. The third-order valence-corrected chi connectivity index (χ3v) is 9.74. The number of amides is 3. The van der Waals surface area contributed by atoms with E-state index >= 15 is 0 Å². The van der Waals surface area contributed by atoms with Crippen molar-refractivity contribution in [2.45, 2.75) is 68.5 Å². The van der Waals surface area contributed by atoms with Crippen molar-refractivity contribution >= 4 is 34.4 Å². The number of para-hydroxylation sites is 2.